The van der Waals surface area contributed by atoms with E-state index in [-0.39, 0.29) is 11.8 Å². The van der Waals surface area contributed by atoms with Gasteiger partial charge in [-0.2, -0.15) is 0 Å². The van der Waals surface area contributed by atoms with Crippen molar-refractivity contribution < 1.29 is 14.3 Å². The van der Waals surface area contributed by atoms with E-state index in [1.54, 1.807) is 23.8 Å². The van der Waals surface area contributed by atoms with Crippen LogP contribution in [-0.2, 0) is 11.8 Å². The summed E-state index contributed by atoms with van der Waals surface area (Å²) in [7, 11) is 3.54. The SMILES string of the molecule is COc1cccc(N2CCN(C(=O)c3cc(C)n(C)c3C)C(C)C2=O)c1. The third-order valence-corrected chi connectivity index (χ3v) is 5.29. The first-order chi connectivity index (χ1) is 12.3. The van der Waals surface area contributed by atoms with E-state index in [1.165, 1.54) is 0 Å². The lowest BCUT2D eigenvalue weighted by Crippen LogP contribution is -2.57. The van der Waals surface area contributed by atoms with Gasteiger partial charge in [0.25, 0.3) is 5.91 Å². The summed E-state index contributed by atoms with van der Waals surface area (Å²) in [4.78, 5) is 29.3. The minimum Gasteiger partial charge on any atom is -0.497 e. The molecule has 1 aromatic carbocycles. The molecular weight excluding hydrogens is 330 g/mol. The molecule has 6 nitrogen and oxygen atoms in total. The maximum Gasteiger partial charge on any atom is 0.256 e. The van der Waals surface area contributed by atoms with Gasteiger partial charge in [0.2, 0.25) is 5.91 Å². The summed E-state index contributed by atoms with van der Waals surface area (Å²) in [5.74, 6) is 0.539. The van der Waals surface area contributed by atoms with Gasteiger partial charge in [-0.05, 0) is 39.0 Å². The maximum absolute atomic E-state index is 13.0. The van der Waals surface area contributed by atoms with E-state index in [4.69, 9.17) is 4.74 Å². The standard InChI is InChI=1S/C20H25N3O3/c1-13-11-18(14(2)21(13)4)20(25)22-9-10-23(19(24)15(22)3)16-7-6-8-17(12-16)26-5/h6-8,11-12,15H,9-10H2,1-5H3. The number of nitrogens with zero attached hydrogens (tertiary/aromatic N) is 3. The molecule has 1 aliphatic heterocycles. The summed E-state index contributed by atoms with van der Waals surface area (Å²) in [6.45, 7) is 6.65. The van der Waals surface area contributed by atoms with Crippen molar-refractivity contribution in [2.45, 2.75) is 26.8 Å². The molecule has 1 aliphatic rings. The minimum absolute atomic E-state index is 0.0804. The van der Waals surface area contributed by atoms with Crippen molar-refractivity contribution in [1.82, 2.24) is 9.47 Å². The predicted molar refractivity (Wildman–Crippen MR) is 101 cm³/mol. The number of piperazine rings is 1. The highest BCUT2D eigenvalue weighted by molar-refractivity contribution is 6.04. The monoisotopic (exact) mass is 355 g/mol. The number of aryl methyl sites for hydroxylation is 1. The van der Waals surface area contributed by atoms with Gasteiger partial charge in [-0.3, -0.25) is 9.59 Å². The summed E-state index contributed by atoms with van der Waals surface area (Å²) in [5.41, 5.74) is 3.40. The molecule has 1 saturated heterocycles. The smallest absolute Gasteiger partial charge is 0.256 e. The van der Waals surface area contributed by atoms with Gasteiger partial charge in [0.1, 0.15) is 11.8 Å². The van der Waals surface area contributed by atoms with E-state index < -0.39 is 6.04 Å². The lowest BCUT2D eigenvalue weighted by molar-refractivity contribution is -0.124. The normalized spacial score (nSPS) is 17.6. The largest absolute Gasteiger partial charge is 0.497 e. The summed E-state index contributed by atoms with van der Waals surface area (Å²) >= 11 is 0. The Hall–Kier alpha value is -2.76. The molecule has 1 atom stereocenters. The molecule has 0 aliphatic carbocycles. The quantitative estimate of drug-likeness (QED) is 0.850. The van der Waals surface area contributed by atoms with E-state index in [9.17, 15) is 9.59 Å². The Morgan fingerprint density at radius 1 is 1.19 bits per heavy atom. The number of methoxy groups -OCH3 is 1. The van der Waals surface area contributed by atoms with Crippen LogP contribution in [-0.4, -0.2) is 47.5 Å². The maximum atomic E-state index is 13.0. The Morgan fingerprint density at radius 3 is 2.54 bits per heavy atom. The first-order valence-electron chi connectivity index (χ1n) is 8.74. The molecular formula is C20H25N3O3. The van der Waals surface area contributed by atoms with Crippen LogP contribution in [0, 0.1) is 13.8 Å². The molecule has 0 N–H and O–H groups in total. The Labute approximate surface area is 154 Å². The van der Waals surface area contributed by atoms with Gasteiger partial charge in [-0.15, -0.1) is 0 Å². The molecule has 6 heteroatoms. The van der Waals surface area contributed by atoms with Crippen LogP contribution in [0.4, 0.5) is 5.69 Å². The Balaban J connectivity index is 1.83. The molecule has 138 valence electrons. The van der Waals surface area contributed by atoms with Crippen LogP contribution in [0.3, 0.4) is 0 Å². The topological polar surface area (TPSA) is 54.8 Å². The average molecular weight is 355 g/mol. The Morgan fingerprint density at radius 2 is 1.92 bits per heavy atom. The molecule has 1 aromatic heterocycles. The lowest BCUT2D eigenvalue weighted by atomic mass is 10.1. The fourth-order valence-corrected chi connectivity index (χ4v) is 3.41. The van der Waals surface area contributed by atoms with Gasteiger partial charge in [-0.1, -0.05) is 6.07 Å². The van der Waals surface area contributed by atoms with Crippen molar-refractivity contribution in [3.63, 3.8) is 0 Å². The van der Waals surface area contributed by atoms with Crippen molar-refractivity contribution in [1.29, 1.82) is 0 Å². The van der Waals surface area contributed by atoms with Gasteiger partial charge in [0, 0.05) is 43.3 Å². The summed E-state index contributed by atoms with van der Waals surface area (Å²) in [6.07, 6.45) is 0. The fourth-order valence-electron chi connectivity index (χ4n) is 3.41. The Bertz CT molecular complexity index is 856. The third kappa shape index (κ3) is 2.96. The van der Waals surface area contributed by atoms with Crippen LogP contribution in [0.15, 0.2) is 30.3 Å². The highest BCUT2D eigenvalue weighted by atomic mass is 16.5. The molecule has 2 amide bonds. The number of rotatable bonds is 3. The van der Waals surface area contributed by atoms with E-state index in [1.807, 2.05) is 55.8 Å². The molecule has 0 bridgehead atoms. The molecule has 0 spiro atoms. The van der Waals surface area contributed by atoms with Gasteiger partial charge in [0.15, 0.2) is 0 Å². The molecule has 0 saturated carbocycles. The van der Waals surface area contributed by atoms with Gasteiger partial charge >= 0.3 is 0 Å². The number of ether oxygens (including phenoxy) is 1. The zero-order chi connectivity index (χ0) is 19.0. The van der Waals surface area contributed by atoms with Crippen LogP contribution < -0.4 is 9.64 Å². The lowest BCUT2D eigenvalue weighted by Gasteiger charge is -2.39. The molecule has 2 heterocycles. The number of amides is 2. The van der Waals surface area contributed by atoms with Crippen LogP contribution in [0.25, 0.3) is 0 Å². The number of anilines is 1. The number of hydrogen-bond acceptors (Lipinski definition) is 3. The molecule has 2 aromatic rings. The van der Waals surface area contributed by atoms with Crippen LogP contribution in [0.5, 0.6) is 5.75 Å². The zero-order valence-corrected chi connectivity index (χ0v) is 15.9. The highest BCUT2D eigenvalue weighted by Gasteiger charge is 2.36. The van der Waals surface area contributed by atoms with Crippen LogP contribution in [0.1, 0.15) is 28.7 Å². The molecule has 1 unspecified atom stereocenters. The second-order valence-electron chi connectivity index (χ2n) is 6.71. The van der Waals surface area contributed by atoms with Crippen LogP contribution in [0.2, 0.25) is 0 Å². The summed E-state index contributed by atoms with van der Waals surface area (Å²) in [5, 5.41) is 0. The third-order valence-electron chi connectivity index (χ3n) is 5.29. The Kier molecular flexibility index (Phi) is 4.76. The first-order valence-corrected chi connectivity index (χ1v) is 8.74. The van der Waals surface area contributed by atoms with Crippen LogP contribution >= 0.6 is 0 Å². The highest BCUT2D eigenvalue weighted by Crippen LogP contribution is 2.26. The van der Waals surface area contributed by atoms with Crippen molar-refractivity contribution in [2.24, 2.45) is 7.05 Å². The van der Waals surface area contributed by atoms with Crippen molar-refractivity contribution in [3.8, 4) is 5.75 Å². The van der Waals surface area contributed by atoms with E-state index >= 15 is 0 Å². The molecule has 3 rings (SSSR count). The first kappa shape index (κ1) is 18.0. The summed E-state index contributed by atoms with van der Waals surface area (Å²) in [6, 6.07) is 8.81. The predicted octanol–water partition coefficient (Wildman–Crippen LogP) is 2.53. The zero-order valence-electron chi connectivity index (χ0n) is 15.9. The van der Waals surface area contributed by atoms with Crippen molar-refractivity contribution in [2.75, 3.05) is 25.1 Å². The second-order valence-corrected chi connectivity index (χ2v) is 6.71. The van der Waals surface area contributed by atoms with Crippen molar-refractivity contribution >= 4 is 17.5 Å². The number of benzene rings is 1. The van der Waals surface area contributed by atoms with E-state index in [0.29, 0.717) is 24.4 Å². The van der Waals surface area contributed by atoms with Gasteiger partial charge in [-0.25, -0.2) is 0 Å². The molecule has 1 fully saturated rings. The molecule has 26 heavy (non-hydrogen) atoms. The van der Waals surface area contributed by atoms with E-state index in [2.05, 4.69) is 0 Å². The number of aromatic nitrogens is 1. The van der Waals surface area contributed by atoms with Gasteiger partial charge in [0.05, 0.1) is 12.7 Å². The summed E-state index contributed by atoms with van der Waals surface area (Å²) < 4.78 is 7.24. The van der Waals surface area contributed by atoms with E-state index in [0.717, 1.165) is 17.1 Å². The number of hydrogen-bond donors (Lipinski definition) is 0. The van der Waals surface area contributed by atoms with Crippen molar-refractivity contribution in [3.05, 3.63) is 47.3 Å². The number of carbonyl (C=O) groups excluding carboxylic acids is 2. The fraction of sp³-hybridized carbons (Fsp3) is 0.400. The molecule has 0 radical (unpaired) electrons. The van der Waals surface area contributed by atoms with Gasteiger partial charge < -0.3 is 19.1 Å². The minimum atomic E-state index is -0.512. The number of carbonyl (C=O) groups is 2. The second kappa shape index (κ2) is 6.86. The average Bonchev–Trinajstić information content (AvgIpc) is 2.91.